The van der Waals surface area contributed by atoms with E-state index in [1.807, 2.05) is 26.0 Å². The first-order valence-electron chi connectivity index (χ1n) is 8.71. The van der Waals surface area contributed by atoms with Crippen LogP contribution in [0, 0.1) is 13.8 Å². The largest absolute Gasteiger partial charge is 0.492 e. The molecule has 6 nitrogen and oxygen atoms in total. The van der Waals surface area contributed by atoms with Crippen molar-refractivity contribution in [2.75, 3.05) is 26.7 Å². The average molecular weight is 348 g/mol. The van der Waals surface area contributed by atoms with Crippen molar-refractivity contribution in [1.82, 2.24) is 9.80 Å². The lowest BCUT2D eigenvalue weighted by Gasteiger charge is -2.27. The normalized spacial score (nSPS) is 15.1. The number of benzene rings is 1. The third-order valence-electron chi connectivity index (χ3n) is 4.50. The molecule has 0 heterocycles. The minimum atomic E-state index is -0.888. The van der Waals surface area contributed by atoms with Crippen molar-refractivity contribution in [1.29, 1.82) is 0 Å². The first-order chi connectivity index (χ1) is 11.8. The Labute approximate surface area is 149 Å². The molecule has 0 spiro atoms. The van der Waals surface area contributed by atoms with Crippen LogP contribution >= 0.6 is 0 Å². The van der Waals surface area contributed by atoms with E-state index in [0.29, 0.717) is 13.2 Å². The third kappa shape index (κ3) is 5.74. The van der Waals surface area contributed by atoms with Gasteiger partial charge in [-0.05, 0) is 56.9 Å². The third-order valence-corrected chi connectivity index (χ3v) is 4.50. The highest BCUT2D eigenvalue weighted by atomic mass is 16.5. The van der Waals surface area contributed by atoms with Crippen LogP contribution in [0.5, 0.6) is 5.75 Å². The summed E-state index contributed by atoms with van der Waals surface area (Å²) in [5, 5.41) is 9.21. The molecule has 1 aromatic rings. The van der Waals surface area contributed by atoms with Crippen LogP contribution in [0.3, 0.4) is 0 Å². The second kappa shape index (κ2) is 8.34. The summed E-state index contributed by atoms with van der Waals surface area (Å²) in [5.74, 6) is -0.165. The van der Waals surface area contributed by atoms with E-state index in [4.69, 9.17) is 4.74 Å². The molecule has 1 unspecified atom stereocenters. The molecule has 1 saturated carbocycles. The number of rotatable bonds is 9. The maximum absolute atomic E-state index is 12.4. The van der Waals surface area contributed by atoms with Crippen LogP contribution in [-0.2, 0) is 9.59 Å². The van der Waals surface area contributed by atoms with Crippen LogP contribution in [0.4, 0.5) is 0 Å². The Morgan fingerprint density at radius 1 is 1.24 bits per heavy atom. The van der Waals surface area contributed by atoms with E-state index in [-0.39, 0.29) is 18.5 Å². The zero-order chi connectivity index (χ0) is 18.6. The highest BCUT2D eigenvalue weighted by molar-refractivity contribution is 5.80. The van der Waals surface area contributed by atoms with Gasteiger partial charge in [0.15, 0.2) is 0 Å². The number of amides is 1. The Morgan fingerprint density at radius 2 is 1.84 bits per heavy atom. The molecule has 6 heteroatoms. The van der Waals surface area contributed by atoms with Gasteiger partial charge in [-0.2, -0.15) is 0 Å². The monoisotopic (exact) mass is 348 g/mol. The summed E-state index contributed by atoms with van der Waals surface area (Å²) in [5.41, 5.74) is 2.28. The second-order valence-electron chi connectivity index (χ2n) is 6.90. The molecule has 1 aliphatic carbocycles. The Bertz CT molecular complexity index is 608. The van der Waals surface area contributed by atoms with Crippen LogP contribution in [0.15, 0.2) is 18.2 Å². The van der Waals surface area contributed by atoms with Crippen LogP contribution < -0.4 is 4.74 Å². The van der Waals surface area contributed by atoms with Crippen molar-refractivity contribution in [3.05, 3.63) is 29.3 Å². The van der Waals surface area contributed by atoms with Crippen LogP contribution in [0.1, 0.15) is 30.9 Å². The highest BCUT2D eigenvalue weighted by Gasteiger charge is 2.36. The van der Waals surface area contributed by atoms with E-state index < -0.39 is 12.0 Å². The number of hydrogen-bond donors (Lipinski definition) is 1. The number of hydrogen-bond acceptors (Lipinski definition) is 4. The van der Waals surface area contributed by atoms with Gasteiger partial charge in [0.2, 0.25) is 5.91 Å². The number of aliphatic carboxylic acids is 1. The average Bonchev–Trinajstić information content (AvgIpc) is 3.35. The molecule has 1 N–H and O–H groups in total. The van der Waals surface area contributed by atoms with Crippen molar-refractivity contribution >= 4 is 11.9 Å². The molecule has 0 bridgehead atoms. The van der Waals surface area contributed by atoms with Gasteiger partial charge in [-0.15, -0.1) is 0 Å². The van der Waals surface area contributed by atoms with E-state index in [1.165, 1.54) is 0 Å². The second-order valence-corrected chi connectivity index (χ2v) is 6.90. The van der Waals surface area contributed by atoms with Gasteiger partial charge in [-0.1, -0.05) is 6.07 Å². The topological polar surface area (TPSA) is 70.1 Å². The van der Waals surface area contributed by atoms with Gasteiger partial charge in [0.25, 0.3) is 0 Å². The fraction of sp³-hybridized carbons (Fsp3) is 0.579. The summed E-state index contributed by atoms with van der Waals surface area (Å²) >= 11 is 0. The first kappa shape index (κ1) is 19.2. The standard InChI is InChI=1S/C19H28N2O4/c1-13-9-14(2)11-17(10-13)25-8-7-20(4)18(22)12-21(16-5-6-16)15(3)19(23)24/h9-11,15-16H,5-8,12H2,1-4H3,(H,23,24). The lowest BCUT2D eigenvalue weighted by atomic mass is 10.1. The van der Waals surface area contributed by atoms with Crippen LogP contribution in [0.25, 0.3) is 0 Å². The predicted molar refractivity (Wildman–Crippen MR) is 95.9 cm³/mol. The zero-order valence-electron chi connectivity index (χ0n) is 15.5. The molecule has 1 aromatic carbocycles. The maximum Gasteiger partial charge on any atom is 0.320 e. The van der Waals surface area contributed by atoms with E-state index in [0.717, 1.165) is 29.7 Å². The number of ether oxygens (including phenoxy) is 1. The Balaban J connectivity index is 1.82. The molecule has 0 radical (unpaired) electrons. The molecule has 0 aromatic heterocycles. The molecule has 25 heavy (non-hydrogen) atoms. The fourth-order valence-corrected chi connectivity index (χ4v) is 2.85. The lowest BCUT2D eigenvalue weighted by Crippen LogP contribution is -2.47. The highest BCUT2D eigenvalue weighted by Crippen LogP contribution is 2.28. The van der Waals surface area contributed by atoms with E-state index in [9.17, 15) is 14.7 Å². The van der Waals surface area contributed by atoms with Crippen molar-refractivity contribution < 1.29 is 19.4 Å². The molecule has 2 rings (SSSR count). The van der Waals surface area contributed by atoms with Gasteiger partial charge in [0.1, 0.15) is 18.4 Å². The Kier molecular flexibility index (Phi) is 6.42. The van der Waals surface area contributed by atoms with Gasteiger partial charge in [-0.3, -0.25) is 14.5 Å². The summed E-state index contributed by atoms with van der Waals surface area (Å²) in [6, 6.07) is 5.60. The SMILES string of the molecule is Cc1cc(C)cc(OCCN(C)C(=O)CN(C2CC2)C(C)C(=O)O)c1. The van der Waals surface area contributed by atoms with Crippen molar-refractivity contribution in [3.63, 3.8) is 0 Å². The van der Waals surface area contributed by atoms with E-state index >= 15 is 0 Å². The number of carbonyl (C=O) groups is 2. The van der Waals surface area contributed by atoms with Crippen molar-refractivity contribution in [2.24, 2.45) is 0 Å². The first-order valence-corrected chi connectivity index (χ1v) is 8.71. The number of carboxylic acids is 1. The van der Waals surface area contributed by atoms with Crippen LogP contribution in [-0.4, -0.2) is 65.6 Å². The number of aryl methyl sites for hydroxylation is 2. The van der Waals surface area contributed by atoms with E-state index in [2.05, 4.69) is 6.07 Å². The predicted octanol–water partition coefficient (Wildman–Crippen LogP) is 2.08. The van der Waals surface area contributed by atoms with Gasteiger partial charge >= 0.3 is 5.97 Å². The number of likely N-dealkylation sites (N-methyl/N-ethyl adjacent to an activating group) is 1. The van der Waals surface area contributed by atoms with Crippen LogP contribution in [0.2, 0.25) is 0 Å². The van der Waals surface area contributed by atoms with Gasteiger partial charge in [0, 0.05) is 13.1 Å². The number of nitrogens with zero attached hydrogens (tertiary/aromatic N) is 2. The minimum Gasteiger partial charge on any atom is -0.492 e. The lowest BCUT2D eigenvalue weighted by molar-refractivity contribution is -0.144. The molecule has 1 amide bonds. The summed E-state index contributed by atoms with van der Waals surface area (Å²) in [4.78, 5) is 27.0. The van der Waals surface area contributed by atoms with Gasteiger partial charge < -0.3 is 14.7 Å². The van der Waals surface area contributed by atoms with Crippen molar-refractivity contribution in [2.45, 2.75) is 45.7 Å². The van der Waals surface area contributed by atoms with E-state index in [1.54, 1.807) is 23.8 Å². The molecule has 0 aliphatic heterocycles. The van der Waals surface area contributed by atoms with Crippen molar-refractivity contribution in [3.8, 4) is 5.75 Å². The Morgan fingerprint density at radius 3 is 2.36 bits per heavy atom. The number of carbonyl (C=O) groups excluding carboxylic acids is 1. The molecule has 138 valence electrons. The molecule has 1 atom stereocenters. The fourth-order valence-electron chi connectivity index (χ4n) is 2.85. The quantitative estimate of drug-likeness (QED) is 0.740. The van der Waals surface area contributed by atoms with Gasteiger partial charge in [0.05, 0.1) is 13.1 Å². The summed E-state index contributed by atoms with van der Waals surface area (Å²) in [7, 11) is 1.73. The number of carboxylic acid groups (broad SMARTS) is 1. The molecule has 1 fully saturated rings. The molecule has 1 aliphatic rings. The molecular formula is C19H28N2O4. The maximum atomic E-state index is 12.4. The smallest absolute Gasteiger partial charge is 0.320 e. The molecule has 0 saturated heterocycles. The minimum absolute atomic E-state index is 0.0796. The summed E-state index contributed by atoms with van der Waals surface area (Å²) in [6.45, 7) is 6.68. The summed E-state index contributed by atoms with van der Waals surface area (Å²) in [6.07, 6.45) is 1.93. The summed E-state index contributed by atoms with van der Waals surface area (Å²) < 4.78 is 5.74. The Hall–Kier alpha value is -2.08. The molecular weight excluding hydrogens is 320 g/mol. The van der Waals surface area contributed by atoms with Gasteiger partial charge in [-0.25, -0.2) is 0 Å². The zero-order valence-corrected chi connectivity index (χ0v) is 15.5.